The number of rotatable bonds is 1. The second kappa shape index (κ2) is 4.39. The average Bonchev–Trinajstić information content (AvgIpc) is 2.29. The molecule has 88 valence electrons. The second-order valence-corrected chi connectivity index (χ2v) is 3.52. The largest absolute Gasteiger partial charge is 0.418 e. The van der Waals surface area contributed by atoms with E-state index < -0.39 is 17.8 Å². The SMILES string of the molecule is FC(F)(F)c1cccnc1C1COCCN1. The van der Waals surface area contributed by atoms with Crippen LogP contribution in [0.5, 0.6) is 0 Å². The highest BCUT2D eigenvalue weighted by atomic mass is 19.4. The summed E-state index contributed by atoms with van der Waals surface area (Å²) in [5.41, 5.74) is -0.687. The molecule has 1 aliphatic heterocycles. The third-order valence-electron chi connectivity index (χ3n) is 2.40. The lowest BCUT2D eigenvalue weighted by molar-refractivity contribution is -0.139. The van der Waals surface area contributed by atoms with Crippen LogP contribution < -0.4 is 5.32 Å². The average molecular weight is 232 g/mol. The van der Waals surface area contributed by atoms with E-state index in [1.54, 1.807) is 0 Å². The first-order valence-electron chi connectivity index (χ1n) is 4.92. The van der Waals surface area contributed by atoms with Gasteiger partial charge >= 0.3 is 6.18 Å². The van der Waals surface area contributed by atoms with Gasteiger partial charge in [0, 0.05) is 12.7 Å². The monoisotopic (exact) mass is 232 g/mol. The molecule has 2 rings (SSSR count). The number of pyridine rings is 1. The molecule has 0 spiro atoms. The third-order valence-corrected chi connectivity index (χ3v) is 2.40. The number of nitrogens with zero attached hydrogens (tertiary/aromatic N) is 1. The van der Waals surface area contributed by atoms with Gasteiger partial charge in [0.1, 0.15) is 0 Å². The molecule has 6 heteroatoms. The summed E-state index contributed by atoms with van der Waals surface area (Å²) in [7, 11) is 0. The molecule has 1 saturated heterocycles. The molecule has 1 N–H and O–H groups in total. The molecule has 1 aliphatic rings. The van der Waals surface area contributed by atoms with E-state index in [4.69, 9.17) is 4.74 Å². The molecule has 0 aliphatic carbocycles. The molecule has 2 heterocycles. The molecule has 16 heavy (non-hydrogen) atoms. The molecule has 3 nitrogen and oxygen atoms in total. The van der Waals surface area contributed by atoms with E-state index in [1.165, 1.54) is 12.3 Å². The standard InChI is InChI=1S/C10H11F3N2O/c11-10(12,13)7-2-1-3-15-9(7)8-6-16-5-4-14-8/h1-3,8,14H,4-6H2. The van der Waals surface area contributed by atoms with Crippen molar-refractivity contribution < 1.29 is 17.9 Å². The zero-order valence-electron chi connectivity index (χ0n) is 8.42. The Morgan fingerprint density at radius 2 is 2.25 bits per heavy atom. The summed E-state index contributed by atoms with van der Waals surface area (Å²) in [6.45, 7) is 1.28. The Morgan fingerprint density at radius 3 is 2.88 bits per heavy atom. The van der Waals surface area contributed by atoms with Crippen LogP contribution >= 0.6 is 0 Å². The van der Waals surface area contributed by atoms with E-state index in [9.17, 15) is 13.2 Å². The summed E-state index contributed by atoms with van der Waals surface area (Å²) in [4.78, 5) is 3.81. The molecule has 1 unspecified atom stereocenters. The summed E-state index contributed by atoms with van der Waals surface area (Å²) in [5.74, 6) is 0. The van der Waals surface area contributed by atoms with Crippen molar-refractivity contribution in [2.75, 3.05) is 19.8 Å². The summed E-state index contributed by atoms with van der Waals surface area (Å²) in [5, 5.41) is 2.96. The molecule has 0 radical (unpaired) electrons. The number of morpholine rings is 1. The molecule has 1 atom stereocenters. The smallest absolute Gasteiger partial charge is 0.378 e. The van der Waals surface area contributed by atoms with Crippen LogP contribution in [0, 0.1) is 0 Å². The van der Waals surface area contributed by atoms with Crippen molar-refractivity contribution in [3.63, 3.8) is 0 Å². The van der Waals surface area contributed by atoms with Crippen LogP contribution in [0.3, 0.4) is 0 Å². The predicted molar refractivity (Wildman–Crippen MR) is 50.8 cm³/mol. The summed E-state index contributed by atoms with van der Waals surface area (Å²) in [6, 6.07) is 1.85. The van der Waals surface area contributed by atoms with Crippen molar-refractivity contribution in [3.05, 3.63) is 29.6 Å². The van der Waals surface area contributed by atoms with Gasteiger partial charge in [-0.3, -0.25) is 4.98 Å². The van der Waals surface area contributed by atoms with Crippen molar-refractivity contribution in [2.24, 2.45) is 0 Å². The van der Waals surface area contributed by atoms with Crippen molar-refractivity contribution in [1.82, 2.24) is 10.3 Å². The highest BCUT2D eigenvalue weighted by Gasteiger charge is 2.36. The molecular formula is C10H11F3N2O. The quantitative estimate of drug-likeness (QED) is 0.801. The lowest BCUT2D eigenvalue weighted by atomic mass is 10.1. The zero-order valence-corrected chi connectivity index (χ0v) is 8.42. The van der Waals surface area contributed by atoms with Crippen LogP contribution in [0.15, 0.2) is 18.3 Å². The van der Waals surface area contributed by atoms with Gasteiger partial charge in [-0.15, -0.1) is 0 Å². The van der Waals surface area contributed by atoms with Crippen LogP contribution in [0.1, 0.15) is 17.3 Å². The van der Waals surface area contributed by atoms with Crippen LogP contribution in [-0.4, -0.2) is 24.7 Å². The number of hydrogen-bond acceptors (Lipinski definition) is 3. The fourth-order valence-corrected chi connectivity index (χ4v) is 1.68. The Balaban J connectivity index is 2.32. The van der Waals surface area contributed by atoms with Crippen molar-refractivity contribution in [2.45, 2.75) is 12.2 Å². The van der Waals surface area contributed by atoms with Gasteiger partial charge in [-0.2, -0.15) is 13.2 Å². The lowest BCUT2D eigenvalue weighted by Crippen LogP contribution is -2.36. The first-order chi connectivity index (χ1) is 7.59. The van der Waals surface area contributed by atoms with Gasteiger partial charge in [-0.25, -0.2) is 0 Å². The minimum absolute atomic E-state index is 0.00898. The van der Waals surface area contributed by atoms with Crippen LogP contribution in [0.25, 0.3) is 0 Å². The maximum atomic E-state index is 12.7. The Bertz CT molecular complexity index is 361. The fourth-order valence-electron chi connectivity index (χ4n) is 1.68. The van der Waals surface area contributed by atoms with Crippen molar-refractivity contribution in [3.8, 4) is 0 Å². The highest BCUT2D eigenvalue weighted by molar-refractivity contribution is 5.26. The van der Waals surface area contributed by atoms with E-state index in [-0.39, 0.29) is 12.3 Å². The number of ether oxygens (including phenoxy) is 1. The van der Waals surface area contributed by atoms with E-state index in [0.717, 1.165) is 6.07 Å². The highest BCUT2D eigenvalue weighted by Crippen LogP contribution is 2.33. The van der Waals surface area contributed by atoms with Gasteiger partial charge < -0.3 is 10.1 Å². The van der Waals surface area contributed by atoms with Crippen LogP contribution in [-0.2, 0) is 10.9 Å². The Hall–Kier alpha value is -1.14. The van der Waals surface area contributed by atoms with Crippen molar-refractivity contribution >= 4 is 0 Å². The van der Waals surface area contributed by atoms with Crippen LogP contribution in [0.4, 0.5) is 13.2 Å². The number of alkyl halides is 3. The van der Waals surface area contributed by atoms with Gasteiger partial charge in [0.15, 0.2) is 0 Å². The topological polar surface area (TPSA) is 34.1 Å². The minimum Gasteiger partial charge on any atom is -0.378 e. The Morgan fingerprint density at radius 1 is 1.44 bits per heavy atom. The summed E-state index contributed by atoms with van der Waals surface area (Å²) < 4.78 is 43.2. The molecular weight excluding hydrogens is 221 g/mol. The molecule has 0 bridgehead atoms. The van der Waals surface area contributed by atoms with E-state index in [1.807, 2.05) is 0 Å². The van der Waals surface area contributed by atoms with E-state index >= 15 is 0 Å². The normalized spacial score (nSPS) is 22.1. The zero-order chi connectivity index (χ0) is 11.6. The number of halogens is 3. The van der Waals surface area contributed by atoms with Crippen LogP contribution in [0.2, 0.25) is 0 Å². The predicted octanol–water partition coefficient (Wildman–Crippen LogP) is 1.76. The Kier molecular flexibility index (Phi) is 3.11. The number of aromatic nitrogens is 1. The van der Waals surface area contributed by atoms with Gasteiger partial charge in [0.05, 0.1) is 30.5 Å². The van der Waals surface area contributed by atoms with E-state index in [2.05, 4.69) is 10.3 Å². The molecule has 1 fully saturated rings. The molecule has 0 saturated carbocycles. The summed E-state index contributed by atoms with van der Waals surface area (Å²) in [6.07, 6.45) is -3.01. The summed E-state index contributed by atoms with van der Waals surface area (Å²) >= 11 is 0. The first kappa shape index (κ1) is 11.3. The second-order valence-electron chi connectivity index (χ2n) is 3.52. The number of hydrogen-bond donors (Lipinski definition) is 1. The van der Waals surface area contributed by atoms with Crippen molar-refractivity contribution in [1.29, 1.82) is 0 Å². The maximum absolute atomic E-state index is 12.7. The maximum Gasteiger partial charge on any atom is 0.418 e. The fraction of sp³-hybridized carbons (Fsp3) is 0.500. The number of nitrogens with one attached hydrogen (secondary N) is 1. The Labute approximate surface area is 90.6 Å². The van der Waals surface area contributed by atoms with Gasteiger partial charge in [-0.05, 0) is 12.1 Å². The molecule has 0 aromatic carbocycles. The van der Waals surface area contributed by atoms with Gasteiger partial charge in [-0.1, -0.05) is 0 Å². The molecule has 0 amide bonds. The lowest BCUT2D eigenvalue weighted by Gasteiger charge is -2.25. The molecule has 1 aromatic rings. The third kappa shape index (κ3) is 2.33. The minimum atomic E-state index is -4.37. The van der Waals surface area contributed by atoms with E-state index in [0.29, 0.717) is 13.2 Å². The molecule has 1 aromatic heterocycles. The van der Waals surface area contributed by atoms with Gasteiger partial charge in [0.25, 0.3) is 0 Å². The first-order valence-corrected chi connectivity index (χ1v) is 4.92. The van der Waals surface area contributed by atoms with Gasteiger partial charge in [0.2, 0.25) is 0 Å².